The van der Waals surface area contributed by atoms with Crippen LogP contribution in [0.15, 0.2) is 71.9 Å². The van der Waals surface area contributed by atoms with Crippen LogP contribution in [0.5, 0.6) is 0 Å². The molecule has 2 rings (SSSR count). The second-order valence-electron chi connectivity index (χ2n) is 6.02. The smallest absolute Gasteiger partial charge is 0.149 e. The number of halogens is 1. The maximum absolute atomic E-state index is 7.44. The van der Waals surface area contributed by atoms with Crippen LogP contribution in [0.4, 0.5) is 0 Å². The minimum absolute atomic E-state index is 1.11. The highest BCUT2D eigenvalue weighted by Gasteiger charge is 2.38. The first-order chi connectivity index (χ1) is 11.2. The van der Waals surface area contributed by atoms with Crippen molar-refractivity contribution in [2.24, 2.45) is 0 Å². The number of unbranched alkanes of at least 4 members (excludes halogenated alkanes) is 3. The van der Waals surface area contributed by atoms with Crippen molar-refractivity contribution in [3.8, 4) is 0 Å². The van der Waals surface area contributed by atoms with Crippen LogP contribution in [0.2, 0.25) is 0 Å². The third kappa shape index (κ3) is 4.36. The predicted octanol–water partition coefficient (Wildman–Crippen LogP) is 5.44. The van der Waals surface area contributed by atoms with Crippen molar-refractivity contribution in [2.75, 3.05) is 0 Å². The molecule has 0 heterocycles. The Morgan fingerprint density at radius 1 is 0.870 bits per heavy atom. The summed E-state index contributed by atoms with van der Waals surface area (Å²) in [5, 5.41) is 4.01. The summed E-state index contributed by atoms with van der Waals surface area (Å²) in [5.74, 6) is 0. The quantitative estimate of drug-likeness (QED) is 0.340. The Labute approximate surface area is 146 Å². The van der Waals surface area contributed by atoms with Gasteiger partial charge >= 0.3 is 0 Å². The van der Waals surface area contributed by atoms with E-state index >= 15 is 0 Å². The number of allylic oxidation sites excluding steroid dienone is 2. The van der Waals surface area contributed by atoms with Crippen LogP contribution in [0.3, 0.4) is 0 Å². The van der Waals surface area contributed by atoms with Crippen molar-refractivity contribution in [3.05, 3.63) is 71.9 Å². The Kier molecular flexibility index (Phi) is 7.13. The van der Waals surface area contributed by atoms with Gasteiger partial charge in [0, 0.05) is 0 Å². The molecule has 0 unspecified atom stereocenters. The summed E-state index contributed by atoms with van der Waals surface area (Å²) in [7, 11) is -2.36. The van der Waals surface area contributed by atoms with Gasteiger partial charge in [0.1, 0.15) is 0 Å². The first-order valence-corrected chi connectivity index (χ1v) is 11.7. The fourth-order valence-corrected chi connectivity index (χ4v) is 7.80. The molecule has 0 atom stereocenters. The maximum Gasteiger partial charge on any atom is 0.243 e. The second kappa shape index (κ2) is 9.10. The molecular weight excluding hydrogens is 316 g/mol. The van der Waals surface area contributed by atoms with E-state index in [1.54, 1.807) is 0 Å². The Balaban J connectivity index is 2.37. The van der Waals surface area contributed by atoms with Gasteiger partial charge in [0.05, 0.1) is 0 Å². The molecular formula is C21H27ClSi. The number of hydrogen-bond acceptors (Lipinski definition) is 0. The summed E-state index contributed by atoms with van der Waals surface area (Å²) in [4.78, 5) is 0. The van der Waals surface area contributed by atoms with E-state index in [2.05, 4.69) is 80.6 Å². The molecule has 0 aliphatic carbocycles. The topological polar surface area (TPSA) is 0 Å². The lowest BCUT2D eigenvalue weighted by atomic mass is 10.1. The van der Waals surface area contributed by atoms with E-state index in [0.29, 0.717) is 0 Å². The molecule has 0 aliphatic rings. The summed E-state index contributed by atoms with van der Waals surface area (Å²) in [6, 6.07) is 21.3. The molecule has 122 valence electrons. The average Bonchev–Trinajstić information content (AvgIpc) is 2.63. The number of rotatable bonds is 8. The fraction of sp³-hybridized carbons (Fsp3) is 0.333. The van der Waals surface area contributed by atoms with E-state index in [-0.39, 0.29) is 0 Å². The molecule has 2 heteroatoms. The van der Waals surface area contributed by atoms with Crippen LogP contribution in [0.25, 0.3) is 0 Å². The van der Waals surface area contributed by atoms with Gasteiger partial charge in [-0.1, -0.05) is 98.1 Å². The largest absolute Gasteiger partial charge is 0.243 e. The van der Waals surface area contributed by atoms with Crippen LogP contribution in [0, 0.1) is 0 Å². The zero-order chi connectivity index (χ0) is 16.5. The lowest BCUT2D eigenvalue weighted by molar-refractivity contribution is 0.670. The molecule has 0 amide bonds. The Morgan fingerprint density at radius 3 is 1.83 bits per heavy atom. The molecule has 0 aromatic heterocycles. The van der Waals surface area contributed by atoms with Crippen molar-refractivity contribution in [1.29, 1.82) is 0 Å². The normalized spacial score (nSPS) is 12.4. The highest BCUT2D eigenvalue weighted by atomic mass is 35.6. The molecule has 0 bridgehead atoms. The van der Waals surface area contributed by atoms with E-state index < -0.39 is 7.38 Å². The van der Waals surface area contributed by atoms with Crippen LogP contribution in [0.1, 0.15) is 46.0 Å². The number of benzene rings is 2. The SMILES string of the molecule is C/C=C(\CCCCCC)[Si](Cl)(c1ccccc1)c1ccccc1. The van der Waals surface area contributed by atoms with Gasteiger partial charge < -0.3 is 0 Å². The Hall–Kier alpha value is -1.31. The third-order valence-corrected chi connectivity index (χ3v) is 10.2. The highest BCUT2D eigenvalue weighted by molar-refractivity contribution is 7.37. The van der Waals surface area contributed by atoms with E-state index in [4.69, 9.17) is 11.1 Å². The van der Waals surface area contributed by atoms with Crippen LogP contribution in [-0.2, 0) is 0 Å². The molecule has 0 aliphatic heterocycles. The van der Waals surface area contributed by atoms with Gasteiger partial charge in [-0.2, -0.15) is 0 Å². The minimum atomic E-state index is -2.36. The van der Waals surface area contributed by atoms with Crippen molar-refractivity contribution in [2.45, 2.75) is 46.0 Å². The van der Waals surface area contributed by atoms with Gasteiger partial charge in [0.15, 0.2) is 0 Å². The second-order valence-corrected chi connectivity index (χ2v) is 10.8. The summed E-state index contributed by atoms with van der Waals surface area (Å²) in [6.45, 7) is 4.40. The molecule has 0 nitrogen and oxygen atoms in total. The minimum Gasteiger partial charge on any atom is -0.149 e. The first-order valence-electron chi connectivity index (χ1n) is 8.69. The lowest BCUT2D eigenvalue weighted by Gasteiger charge is -2.29. The molecule has 2 aromatic rings. The van der Waals surface area contributed by atoms with Crippen molar-refractivity contribution in [1.82, 2.24) is 0 Å². The third-order valence-electron chi connectivity index (χ3n) is 4.43. The molecule has 0 saturated carbocycles. The molecule has 0 saturated heterocycles. The first kappa shape index (κ1) is 18.0. The van der Waals surface area contributed by atoms with Crippen LogP contribution >= 0.6 is 11.1 Å². The molecule has 2 aromatic carbocycles. The molecule has 0 N–H and O–H groups in total. The van der Waals surface area contributed by atoms with Gasteiger partial charge in [-0.15, -0.1) is 11.1 Å². The fourth-order valence-electron chi connectivity index (χ4n) is 3.13. The van der Waals surface area contributed by atoms with Gasteiger partial charge in [0.2, 0.25) is 7.38 Å². The summed E-state index contributed by atoms with van der Waals surface area (Å²) in [6.07, 6.45) is 8.48. The standard InChI is InChI=1S/C21H27ClSi/c1-3-5-6-9-14-19(4-2)23(22,20-15-10-7-11-16-20)21-17-12-8-13-18-21/h4,7-8,10-13,15-18H,3,5-6,9,14H2,1-2H3/b19-4+. The Morgan fingerprint density at radius 2 is 1.39 bits per heavy atom. The van der Waals surface area contributed by atoms with E-state index in [9.17, 15) is 0 Å². The van der Waals surface area contributed by atoms with E-state index in [0.717, 1.165) is 6.42 Å². The van der Waals surface area contributed by atoms with Crippen molar-refractivity contribution >= 4 is 28.8 Å². The van der Waals surface area contributed by atoms with Gasteiger partial charge in [0.25, 0.3) is 0 Å². The molecule has 0 fully saturated rings. The van der Waals surface area contributed by atoms with Crippen LogP contribution < -0.4 is 10.4 Å². The maximum atomic E-state index is 7.44. The van der Waals surface area contributed by atoms with Gasteiger partial charge in [-0.05, 0) is 30.1 Å². The zero-order valence-corrected chi connectivity index (χ0v) is 16.0. The van der Waals surface area contributed by atoms with E-state index in [1.807, 2.05) is 0 Å². The molecule has 23 heavy (non-hydrogen) atoms. The van der Waals surface area contributed by atoms with Crippen molar-refractivity contribution in [3.63, 3.8) is 0 Å². The molecule has 0 radical (unpaired) electrons. The summed E-state index contributed by atoms with van der Waals surface area (Å²) in [5.41, 5.74) is 0. The van der Waals surface area contributed by atoms with Gasteiger partial charge in [-0.25, -0.2) is 0 Å². The predicted molar refractivity (Wildman–Crippen MR) is 106 cm³/mol. The van der Waals surface area contributed by atoms with Crippen LogP contribution in [-0.4, -0.2) is 7.38 Å². The lowest BCUT2D eigenvalue weighted by Crippen LogP contribution is -2.55. The monoisotopic (exact) mass is 342 g/mol. The average molecular weight is 343 g/mol. The van der Waals surface area contributed by atoms with Gasteiger partial charge in [-0.3, -0.25) is 0 Å². The molecule has 0 spiro atoms. The summed E-state index contributed by atoms with van der Waals surface area (Å²) < 4.78 is 0. The van der Waals surface area contributed by atoms with Crippen molar-refractivity contribution < 1.29 is 0 Å². The number of hydrogen-bond donors (Lipinski definition) is 0. The Bertz CT molecular complexity index is 565. The summed E-state index contributed by atoms with van der Waals surface area (Å²) >= 11 is 7.44. The highest BCUT2D eigenvalue weighted by Crippen LogP contribution is 2.25. The van der Waals surface area contributed by atoms with E-state index in [1.165, 1.54) is 41.3 Å². The zero-order valence-electron chi connectivity index (χ0n) is 14.3.